The Balaban J connectivity index is 1.25. The molecule has 1 N–H and O–H groups in total. The smallest absolute Gasteiger partial charge is 0.229 e. The van der Waals surface area contributed by atoms with Crippen molar-refractivity contribution in [1.82, 2.24) is 14.8 Å². The summed E-state index contributed by atoms with van der Waals surface area (Å²) in [7, 11) is 0. The summed E-state index contributed by atoms with van der Waals surface area (Å²) in [6.45, 7) is 1.000. The van der Waals surface area contributed by atoms with Crippen molar-refractivity contribution in [2.75, 3.05) is 16.8 Å². The highest BCUT2D eigenvalue weighted by Crippen LogP contribution is 2.31. The number of carbonyl (C=O) groups excluding carboxylic acids is 2. The van der Waals surface area contributed by atoms with Gasteiger partial charge < -0.3 is 10.2 Å². The lowest BCUT2D eigenvalue weighted by Crippen LogP contribution is -2.28. The van der Waals surface area contributed by atoms with Crippen LogP contribution >= 0.6 is 0 Å². The Labute approximate surface area is 174 Å². The van der Waals surface area contributed by atoms with Crippen molar-refractivity contribution in [2.24, 2.45) is 5.92 Å². The Hall–Kier alpha value is -3.48. The van der Waals surface area contributed by atoms with Crippen LogP contribution in [0.1, 0.15) is 29.5 Å². The lowest BCUT2D eigenvalue weighted by molar-refractivity contribution is -0.122. The van der Waals surface area contributed by atoms with Crippen LogP contribution in [-0.2, 0) is 29.0 Å². The third-order valence-corrected chi connectivity index (χ3v) is 5.90. The third kappa shape index (κ3) is 3.70. The first kappa shape index (κ1) is 18.5. The number of nitrogens with one attached hydrogen (secondary N) is 1. The van der Waals surface area contributed by atoms with Gasteiger partial charge >= 0.3 is 0 Å². The monoisotopic (exact) mass is 401 g/mol. The van der Waals surface area contributed by atoms with Crippen molar-refractivity contribution in [1.29, 1.82) is 0 Å². The minimum atomic E-state index is -0.357. The molecular formula is C23H23N5O2. The molecule has 7 heteroatoms. The van der Waals surface area contributed by atoms with Gasteiger partial charge in [-0.1, -0.05) is 18.2 Å². The fraction of sp³-hybridized carbons (Fsp3) is 0.304. The molecule has 1 atom stereocenters. The average Bonchev–Trinajstić information content (AvgIpc) is 3.48. The van der Waals surface area contributed by atoms with Crippen LogP contribution < -0.4 is 10.2 Å². The van der Waals surface area contributed by atoms with Gasteiger partial charge in [0.25, 0.3) is 0 Å². The van der Waals surface area contributed by atoms with Crippen LogP contribution in [0.2, 0.25) is 0 Å². The van der Waals surface area contributed by atoms with E-state index in [9.17, 15) is 9.59 Å². The van der Waals surface area contributed by atoms with Crippen LogP contribution in [0.25, 0.3) is 0 Å². The van der Waals surface area contributed by atoms with E-state index in [-0.39, 0.29) is 24.2 Å². The number of rotatable bonds is 5. The minimum Gasteiger partial charge on any atom is -0.326 e. The molecule has 1 saturated heterocycles. The molecule has 152 valence electrons. The molecule has 7 nitrogen and oxygen atoms in total. The zero-order valence-electron chi connectivity index (χ0n) is 16.6. The summed E-state index contributed by atoms with van der Waals surface area (Å²) in [5, 5.41) is 7.08. The van der Waals surface area contributed by atoms with Crippen LogP contribution in [0, 0.1) is 5.92 Å². The molecule has 2 aliphatic rings. The molecule has 30 heavy (non-hydrogen) atoms. The Morgan fingerprint density at radius 1 is 1.13 bits per heavy atom. The maximum Gasteiger partial charge on any atom is 0.229 e. The zero-order chi connectivity index (χ0) is 20.5. The molecule has 2 aromatic carbocycles. The SMILES string of the molecule is O=C(Nc1cccc(Cn2cncn2)c1)C1CC(=O)N(c2ccc3c(c2)CCC3)C1. The maximum absolute atomic E-state index is 12.8. The van der Waals surface area contributed by atoms with Crippen molar-refractivity contribution in [3.8, 4) is 0 Å². The van der Waals surface area contributed by atoms with Crippen LogP contribution in [0.3, 0.4) is 0 Å². The lowest BCUT2D eigenvalue weighted by atomic mass is 10.1. The van der Waals surface area contributed by atoms with Gasteiger partial charge in [-0.2, -0.15) is 5.10 Å². The number of aryl methyl sites for hydroxylation is 2. The Morgan fingerprint density at radius 2 is 2.03 bits per heavy atom. The van der Waals surface area contributed by atoms with E-state index < -0.39 is 0 Å². The Kier molecular flexibility index (Phi) is 4.78. The summed E-state index contributed by atoms with van der Waals surface area (Å²) < 4.78 is 1.73. The van der Waals surface area contributed by atoms with E-state index in [0.717, 1.165) is 29.8 Å². The summed E-state index contributed by atoms with van der Waals surface area (Å²) in [5.41, 5.74) is 5.36. The van der Waals surface area contributed by atoms with Gasteiger partial charge in [-0.15, -0.1) is 0 Å². The molecular weight excluding hydrogens is 378 g/mol. The predicted octanol–water partition coefficient (Wildman–Crippen LogP) is 2.81. The van der Waals surface area contributed by atoms with E-state index in [2.05, 4.69) is 27.5 Å². The van der Waals surface area contributed by atoms with Crippen LogP contribution in [0.15, 0.2) is 55.1 Å². The molecule has 1 aliphatic carbocycles. The average molecular weight is 401 g/mol. The number of carbonyl (C=O) groups is 2. The van der Waals surface area contributed by atoms with Crippen molar-refractivity contribution >= 4 is 23.2 Å². The molecule has 2 amide bonds. The largest absolute Gasteiger partial charge is 0.326 e. The number of nitrogens with zero attached hydrogens (tertiary/aromatic N) is 4. The second kappa shape index (κ2) is 7.74. The molecule has 1 unspecified atom stereocenters. The van der Waals surface area contributed by atoms with E-state index in [4.69, 9.17) is 0 Å². The van der Waals surface area contributed by atoms with Gasteiger partial charge in [0.05, 0.1) is 12.5 Å². The number of aromatic nitrogens is 3. The fourth-order valence-corrected chi connectivity index (χ4v) is 4.35. The molecule has 0 bridgehead atoms. The van der Waals surface area contributed by atoms with Gasteiger partial charge in [0, 0.05) is 24.3 Å². The van der Waals surface area contributed by atoms with E-state index in [1.54, 1.807) is 15.9 Å². The summed E-state index contributed by atoms with van der Waals surface area (Å²) in [5.74, 6) is -0.470. The molecule has 1 fully saturated rings. The highest BCUT2D eigenvalue weighted by molar-refractivity contribution is 6.03. The topological polar surface area (TPSA) is 80.1 Å². The van der Waals surface area contributed by atoms with Crippen LogP contribution in [0.4, 0.5) is 11.4 Å². The maximum atomic E-state index is 12.8. The molecule has 0 radical (unpaired) electrons. The number of benzene rings is 2. The molecule has 1 aliphatic heterocycles. The van der Waals surface area contributed by atoms with E-state index >= 15 is 0 Å². The van der Waals surface area contributed by atoms with Gasteiger partial charge in [0.1, 0.15) is 12.7 Å². The van der Waals surface area contributed by atoms with Crippen LogP contribution in [-0.4, -0.2) is 33.1 Å². The van der Waals surface area contributed by atoms with Crippen molar-refractivity contribution in [3.63, 3.8) is 0 Å². The molecule has 1 aromatic heterocycles. The highest BCUT2D eigenvalue weighted by atomic mass is 16.2. The molecule has 2 heterocycles. The van der Waals surface area contributed by atoms with Crippen LogP contribution in [0.5, 0.6) is 0 Å². The Morgan fingerprint density at radius 3 is 2.90 bits per heavy atom. The lowest BCUT2D eigenvalue weighted by Gasteiger charge is -2.18. The predicted molar refractivity (Wildman–Crippen MR) is 113 cm³/mol. The van der Waals surface area contributed by atoms with Gasteiger partial charge in [-0.25, -0.2) is 9.67 Å². The first-order valence-corrected chi connectivity index (χ1v) is 10.3. The number of hydrogen-bond donors (Lipinski definition) is 1. The number of anilines is 2. The van der Waals surface area contributed by atoms with E-state index in [1.165, 1.54) is 23.9 Å². The number of fused-ring (bicyclic) bond motifs is 1. The second-order valence-corrected chi connectivity index (χ2v) is 7.99. The van der Waals surface area contributed by atoms with Crippen molar-refractivity contribution in [3.05, 3.63) is 71.8 Å². The quantitative estimate of drug-likeness (QED) is 0.713. The van der Waals surface area contributed by atoms with Gasteiger partial charge in [0.15, 0.2) is 0 Å². The van der Waals surface area contributed by atoms with Gasteiger partial charge in [0.2, 0.25) is 11.8 Å². The summed E-state index contributed by atoms with van der Waals surface area (Å²) in [4.78, 5) is 31.1. The second-order valence-electron chi connectivity index (χ2n) is 7.99. The number of hydrogen-bond acceptors (Lipinski definition) is 4. The highest BCUT2D eigenvalue weighted by Gasteiger charge is 2.35. The Bertz CT molecular complexity index is 1090. The summed E-state index contributed by atoms with van der Waals surface area (Å²) >= 11 is 0. The molecule has 0 spiro atoms. The minimum absolute atomic E-state index is 0.00744. The van der Waals surface area contributed by atoms with E-state index in [1.807, 2.05) is 30.3 Å². The number of amides is 2. The zero-order valence-corrected chi connectivity index (χ0v) is 16.6. The first-order chi connectivity index (χ1) is 14.7. The van der Waals surface area contributed by atoms with Crippen molar-refractivity contribution in [2.45, 2.75) is 32.2 Å². The summed E-state index contributed by atoms with van der Waals surface area (Å²) in [6, 6.07) is 13.9. The van der Waals surface area contributed by atoms with Gasteiger partial charge in [-0.05, 0) is 60.2 Å². The molecule has 5 rings (SSSR count). The van der Waals surface area contributed by atoms with E-state index in [0.29, 0.717) is 13.1 Å². The first-order valence-electron chi connectivity index (χ1n) is 10.3. The molecule has 3 aromatic rings. The standard InChI is InChI=1S/C23H23N5O2/c29-22-11-19(13-28(22)21-8-7-17-4-2-5-18(17)10-21)23(30)26-20-6-1-3-16(9-20)12-27-15-24-14-25-27/h1,3,6-10,14-15,19H,2,4-5,11-13H2,(H,26,30). The third-order valence-electron chi connectivity index (χ3n) is 5.90. The molecule has 0 saturated carbocycles. The van der Waals surface area contributed by atoms with Crippen molar-refractivity contribution < 1.29 is 9.59 Å². The summed E-state index contributed by atoms with van der Waals surface area (Å²) in [6.07, 6.45) is 6.75. The fourth-order valence-electron chi connectivity index (χ4n) is 4.35. The van der Waals surface area contributed by atoms with Gasteiger partial charge in [-0.3, -0.25) is 9.59 Å². The normalized spacial score (nSPS) is 17.9.